The molecule has 0 unspecified atom stereocenters. The minimum Gasteiger partial charge on any atom is -0.493 e. The molecule has 0 saturated heterocycles. The molecule has 110 valence electrons. The molecule has 0 aromatic heterocycles. The van der Waals surface area contributed by atoms with E-state index >= 15 is 0 Å². The van der Waals surface area contributed by atoms with E-state index in [4.69, 9.17) is 21.1 Å². The third kappa shape index (κ3) is 3.01. The van der Waals surface area contributed by atoms with Crippen LogP contribution in [0.1, 0.15) is 25.7 Å². The molecule has 2 aromatic carbocycles. The Bertz CT molecular complexity index is 618. The summed E-state index contributed by atoms with van der Waals surface area (Å²) in [6.45, 7) is 0. The van der Waals surface area contributed by atoms with Crippen LogP contribution in [-0.4, -0.2) is 13.2 Å². The highest BCUT2D eigenvalue weighted by molar-refractivity contribution is 6.33. The Morgan fingerprint density at radius 1 is 0.952 bits per heavy atom. The number of ether oxygens (including phenoxy) is 2. The van der Waals surface area contributed by atoms with Gasteiger partial charge in [-0.3, -0.25) is 0 Å². The number of rotatable bonds is 4. The fourth-order valence-electron chi connectivity index (χ4n) is 2.86. The monoisotopic (exact) mass is 302 g/mol. The fraction of sp³-hybridized carbons (Fsp3) is 0.333. The first-order valence-corrected chi connectivity index (χ1v) is 7.76. The van der Waals surface area contributed by atoms with Crippen molar-refractivity contribution in [3.8, 4) is 22.6 Å². The fourth-order valence-corrected chi connectivity index (χ4v) is 3.10. The second-order valence-electron chi connectivity index (χ2n) is 5.34. The Morgan fingerprint density at radius 2 is 1.67 bits per heavy atom. The molecule has 0 heterocycles. The molecule has 1 fully saturated rings. The number of methoxy groups -OCH3 is 1. The summed E-state index contributed by atoms with van der Waals surface area (Å²) in [5.74, 6) is 1.57. The van der Waals surface area contributed by atoms with Gasteiger partial charge in [-0.05, 0) is 37.8 Å². The van der Waals surface area contributed by atoms with Gasteiger partial charge in [-0.1, -0.05) is 41.9 Å². The maximum atomic E-state index is 6.35. The number of para-hydroxylation sites is 1. The summed E-state index contributed by atoms with van der Waals surface area (Å²) in [6, 6.07) is 13.8. The van der Waals surface area contributed by atoms with E-state index in [0.717, 1.165) is 40.5 Å². The second-order valence-corrected chi connectivity index (χ2v) is 5.75. The second kappa shape index (κ2) is 6.40. The summed E-state index contributed by atoms with van der Waals surface area (Å²) >= 11 is 6.35. The first kappa shape index (κ1) is 14.3. The van der Waals surface area contributed by atoms with Crippen LogP contribution in [0.2, 0.25) is 5.02 Å². The lowest BCUT2D eigenvalue weighted by Crippen LogP contribution is -2.12. The summed E-state index contributed by atoms with van der Waals surface area (Å²) in [7, 11) is 1.67. The molecular formula is C18H19ClO2. The first-order chi connectivity index (χ1) is 10.3. The molecule has 21 heavy (non-hydrogen) atoms. The summed E-state index contributed by atoms with van der Waals surface area (Å²) in [5, 5.41) is 0.724. The van der Waals surface area contributed by atoms with Crippen molar-refractivity contribution in [1.82, 2.24) is 0 Å². The minimum atomic E-state index is 0.280. The third-order valence-corrected chi connectivity index (χ3v) is 4.28. The highest BCUT2D eigenvalue weighted by atomic mass is 35.5. The molecule has 0 aliphatic heterocycles. The maximum absolute atomic E-state index is 6.35. The van der Waals surface area contributed by atoms with Gasteiger partial charge in [-0.15, -0.1) is 0 Å². The van der Waals surface area contributed by atoms with Gasteiger partial charge in [0.25, 0.3) is 0 Å². The summed E-state index contributed by atoms with van der Waals surface area (Å²) < 4.78 is 11.7. The molecule has 3 heteroatoms. The largest absolute Gasteiger partial charge is 0.493 e. The molecule has 1 aliphatic rings. The molecule has 0 bridgehead atoms. The van der Waals surface area contributed by atoms with Crippen molar-refractivity contribution in [1.29, 1.82) is 0 Å². The first-order valence-electron chi connectivity index (χ1n) is 7.38. The van der Waals surface area contributed by atoms with Gasteiger partial charge in [0.05, 0.1) is 13.2 Å². The highest BCUT2D eigenvalue weighted by Gasteiger charge is 2.21. The summed E-state index contributed by atoms with van der Waals surface area (Å²) in [5.41, 5.74) is 1.97. The van der Waals surface area contributed by atoms with E-state index in [1.165, 1.54) is 12.8 Å². The van der Waals surface area contributed by atoms with Gasteiger partial charge in [-0.2, -0.15) is 0 Å². The van der Waals surface area contributed by atoms with Crippen molar-refractivity contribution in [3.63, 3.8) is 0 Å². The molecular weight excluding hydrogens is 284 g/mol. The highest BCUT2D eigenvalue weighted by Crippen LogP contribution is 2.42. The molecule has 2 nitrogen and oxygen atoms in total. The van der Waals surface area contributed by atoms with Crippen LogP contribution in [0.4, 0.5) is 0 Å². The predicted octanol–water partition coefficient (Wildman–Crippen LogP) is 5.34. The molecule has 1 saturated carbocycles. The molecule has 0 atom stereocenters. The SMILES string of the molecule is COc1cccc(-c2ccccc2Cl)c1OC1CCCC1. The molecule has 3 rings (SSSR count). The van der Waals surface area contributed by atoms with E-state index in [1.807, 2.05) is 42.5 Å². The van der Waals surface area contributed by atoms with E-state index in [-0.39, 0.29) is 6.10 Å². The predicted molar refractivity (Wildman–Crippen MR) is 86.3 cm³/mol. The van der Waals surface area contributed by atoms with Crippen LogP contribution in [0, 0.1) is 0 Å². The van der Waals surface area contributed by atoms with Crippen molar-refractivity contribution >= 4 is 11.6 Å². The Morgan fingerprint density at radius 3 is 2.38 bits per heavy atom. The van der Waals surface area contributed by atoms with Crippen molar-refractivity contribution < 1.29 is 9.47 Å². The van der Waals surface area contributed by atoms with Crippen molar-refractivity contribution in [2.45, 2.75) is 31.8 Å². The Balaban J connectivity index is 2.05. The van der Waals surface area contributed by atoms with Gasteiger partial charge >= 0.3 is 0 Å². The molecule has 1 aliphatic carbocycles. The van der Waals surface area contributed by atoms with Crippen LogP contribution < -0.4 is 9.47 Å². The molecule has 0 radical (unpaired) electrons. The zero-order valence-corrected chi connectivity index (χ0v) is 12.9. The third-order valence-electron chi connectivity index (χ3n) is 3.95. The standard InChI is InChI=1S/C18H19ClO2/c1-20-17-12-6-10-15(14-9-4-5-11-16(14)19)18(17)21-13-7-2-3-8-13/h4-6,9-13H,2-3,7-8H2,1H3. The molecule has 2 aromatic rings. The van der Waals surface area contributed by atoms with E-state index in [1.54, 1.807) is 7.11 Å². The lowest BCUT2D eigenvalue weighted by atomic mass is 10.0. The van der Waals surface area contributed by atoms with E-state index in [2.05, 4.69) is 0 Å². The molecule has 0 amide bonds. The van der Waals surface area contributed by atoms with E-state index in [9.17, 15) is 0 Å². The van der Waals surface area contributed by atoms with Crippen LogP contribution in [0.5, 0.6) is 11.5 Å². The average Bonchev–Trinajstić information content (AvgIpc) is 3.01. The maximum Gasteiger partial charge on any atom is 0.169 e. The Hall–Kier alpha value is -1.67. The topological polar surface area (TPSA) is 18.5 Å². The van der Waals surface area contributed by atoms with Crippen molar-refractivity contribution in [2.24, 2.45) is 0 Å². The van der Waals surface area contributed by atoms with Gasteiger partial charge in [-0.25, -0.2) is 0 Å². The number of benzene rings is 2. The van der Waals surface area contributed by atoms with Crippen molar-refractivity contribution in [2.75, 3.05) is 7.11 Å². The lowest BCUT2D eigenvalue weighted by molar-refractivity contribution is 0.202. The Kier molecular flexibility index (Phi) is 4.35. The van der Waals surface area contributed by atoms with Crippen LogP contribution in [0.25, 0.3) is 11.1 Å². The smallest absolute Gasteiger partial charge is 0.169 e. The van der Waals surface area contributed by atoms with Crippen LogP contribution in [0.15, 0.2) is 42.5 Å². The van der Waals surface area contributed by atoms with Gasteiger partial charge < -0.3 is 9.47 Å². The van der Waals surface area contributed by atoms with Crippen LogP contribution >= 0.6 is 11.6 Å². The molecule has 0 spiro atoms. The van der Waals surface area contributed by atoms with E-state index < -0.39 is 0 Å². The van der Waals surface area contributed by atoms with Crippen LogP contribution in [0.3, 0.4) is 0 Å². The zero-order valence-electron chi connectivity index (χ0n) is 12.1. The summed E-state index contributed by atoms with van der Waals surface area (Å²) in [4.78, 5) is 0. The number of hydrogen-bond acceptors (Lipinski definition) is 2. The molecule has 0 N–H and O–H groups in total. The van der Waals surface area contributed by atoms with Crippen molar-refractivity contribution in [3.05, 3.63) is 47.5 Å². The Labute approximate surface area is 130 Å². The average molecular weight is 303 g/mol. The van der Waals surface area contributed by atoms with Gasteiger partial charge in [0.15, 0.2) is 11.5 Å². The van der Waals surface area contributed by atoms with Gasteiger partial charge in [0.1, 0.15) is 0 Å². The van der Waals surface area contributed by atoms with Gasteiger partial charge in [0.2, 0.25) is 0 Å². The zero-order chi connectivity index (χ0) is 14.7. The van der Waals surface area contributed by atoms with E-state index in [0.29, 0.717) is 0 Å². The minimum absolute atomic E-state index is 0.280. The lowest BCUT2D eigenvalue weighted by Gasteiger charge is -2.19. The number of hydrogen-bond donors (Lipinski definition) is 0. The normalized spacial score (nSPS) is 15.1. The van der Waals surface area contributed by atoms with Crippen LogP contribution in [-0.2, 0) is 0 Å². The number of halogens is 1. The van der Waals surface area contributed by atoms with Gasteiger partial charge in [0, 0.05) is 16.1 Å². The quantitative estimate of drug-likeness (QED) is 0.759. The summed E-state index contributed by atoms with van der Waals surface area (Å²) in [6.07, 6.45) is 4.98.